The van der Waals surface area contributed by atoms with Gasteiger partial charge in [-0.1, -0.05) is 18.2 Å². The fraction of sp³-hybridized carbons (Fsp3) is 0.400. The summed E-state index contributed by atoms with van der Waals surface area (Å²) in [5.41, 5.74) is 1.72. The van der Waals surface area contributed by atoms with Crippen LogP contribution >= 0.6 is 0 Å². The molecule has 1 atom stereocenters. The molecule has 4 heteroatoms. The Morgan fingerprint density at radius 3 is 2.79 bits per heavy atom. The molecule has 1 fully saturated rings. The Bertz CT molecular complexity index is 548. The Labute approximate surface area is 113 Å². The molecule has 0 aliphatic carbocycles. The van der Waals surface area contributed by atoms with Gasteiger partial charge in [0.25, 0.3) is 0 Å². The number of aliphatic hydroxyl groups is 1. The van der Waals surface area contributed by atoms with Crippen LogP contribution in [-0.4, -0.2) is 38.5 Å². The Morgan fingerprint density at radius 1 is 1.32 bits per heavy atom. The number of β-amino-alcohol motifs (C(OH)–C–C–N with tert-alkyl or cyclic N) is 1. The molecule has 0 spiro atoms. The number of nitrogens with zero attached hydrogens (tertiary/aromatic N) is 3. The quantitative estimate of drug-likeness (QED) is 0.912. The van der Waals surface area contributed by atoms with E-state index in [9.17, 15) is 5.11 Å². The average Bonchev–Trinajstić information content (AvgIpc) is 2.98. The Kier molecular flexibility index (Phi) is 3.12. The van der Waals surface area contributed by atoms with Crippen LogP contribution in [-0.2, 0) is 6.54 Å². The lowest BCUT2D eigenvalue weighted by Gasteiger charge is -2.17. The minimum absolute atomic E-state index is 0.532. The van der Waals surface area contributed by atoms with Crippen molar-refractivity contribution >= 4 is 0 Å². The lowest BCUT2D eigenvalue weighted by atomic mass is 10.1. The summed E-state index contributed by atoms with van der Waals surface area (Å²) < 4.78 is 1.89. The van der Waals surface area contributed by atoms with E-state index in [4.69, 9.17) is 0 Å². The molecule has 1 N–H and O–H groups in total. The Balaban J connectivity index is 1.69. The second-order valence-corrected chi connectivity index (χ2v) is 5.59. The van der Waals surface area contributed by atoms with Crippen LogP contribution in [0.15, 0.2) is 42.7 Å². The van der Waals surface area contributed by atoms with Gasteiger partial charge in [0.1, 0.15) is 0 Å². The zero-order valence-corrected chi connectivity index (χ0v) is 11.2. The first-order chi connectivity index (χ1) is 9.12. The number of benzene rings is 1. The van der Waals surface area contributed by atoms with Gasteiger partial charge in [0, 0.05) is 31.4 Å². The maximum Gasteiger partial charge on any atom is 0.0758 e. The van der Waals surface area contributed by atoms with Crippen LogP contribution in [0, 0.1) is 0 Å². The summed E-state index contributed by atoms with van der Waals surface area (Å²) in [7, 11) is 0. The fourth-order valence-corrected chi connectivity index (χ4v) is 2.60. The van der Waals surface area contributed by atoms with Crippen LogP contribution in [0.2, 0.25) is 0 Å². The first kappa shape index (κ1) is 12.4. The van der Waals surface area contributed by atoms with Gasteiger partial charge in [0.15, 0.2) is 0 Å². The average molecular weight is 257 g/mol. The van der Waals surface area contributed by atoms with Gasteiger partial charge in [-0.05, 0) is 25.5 Å². The molecular weight excluding hydrogens is 238 g/mol. The van der Waals surface area contributed by atoms with Crippen LogP contribution in [0.3, 0.4) is 0 Å². The number of rotatable bonds is 3. The van der Waals surface area contributed by atoms with Gasteiger partial charge in [0.2, 0.25) is 0 Å². The van der Waals surface area contributed by atoms with Crippen LogP contribution in [0.5, 0.6) is 0 Å². The minimum Gasteiger partial charge on any atom is -0.389 e. The van der Waals surface area contributed by atoms with Crippen molar-refractivity contribution in [1.82, 2.24) is 14.7 Å². The summed E-state index contributed by atoms with van der Waals surface area (Å²) in [6.45, 7) is 4.44. The van der Waals surface area contributed by atoms with Crippen molar-refractivity contribution in [3.63, 3.8) is 0 Å². The van der Waals surface area contributed by atoms with Crippen LogP contribution < -0.4 is 0 Å². The lowest BCUT2D eigenvalue weighted by Crippen LogP contribution is -2.29. The van der Waals surface area contributed by atoms with Crippen LogP contribution in [0.1, 0.15) is 18.9 Å². The third kappa shape index (κ3) is 2.85. The molecule has 1 saturated heterocycles. The molecule has 0 saturated carbocycles. The van der Waals surface area contributed by atoms with Gasteiger partial charge in [0.05, 0.1) is 17.5 Å². The molecule has 1 unspecified atom stereocenters. The summed E-state index contributed by atoms with van der Waals surface area (Å²) >= 11 is 0. The molecule has 1 aliphatic rings. The van der Waals surface area contributed by atoms with Gasteiger partial charge in [-0.15, -0.1) is 0 Å². The van der Waals surface area contributed by atoms with E-state index in [0.717, 1.165) is 31.7 Å². The highest BCUT2D eigenvalue weighted by Gasteiger charge is 2.31. The molecule has 0 radical (unpaired) electrons. The van der Waals surface area contributed by atoms with Gasteiger partial charge in [-0.25, -0.2) is 4.68 Å². The van der Waals surface area contributed by atoms with Crippen molar-refractivity contribution in [1.29, 1.82) is 0 Å². The molecule has 1 aromatic carbocycles. The SMILES string of the molecule is CC1(O)CCN(Cc2cnn(-c3ccccc3)c2)C1. The number of aromatic nitrogens is 2. The third-order valence-electron chi connectivity index (χ3n) is 3.59. The fourth-order valence-electron chi connectivity index (χ4n) is 2.60. The third-order valence-corrected chi connectivity index (χ3v) is 3.59. The van der Waals surface area contributed by atoms with E-state index in [1.807, 2.05) is 48.1 Å². The summed E-state index contributed by atoms with van der Waals surface area (Å²) in [5, 5.41) is 14.4. The van der Waals surface area contributed by atoms with E-state index < -0.39 is 5.60 Å². The van der Waals surface area contributed by atoms with Gasteiger partial charge >= 0.3 is 0 Å². The predicted molar refractivity (Wildman–Crippen MR) is 74.1 cm³/mol. The van der Waals surface area contributed by atoms with Crippen molar-refractivity contribution in [2.75, 3.05) is 13.1 Å². The number of hydrogen-bond donors (Lipinski definition) is 1. The highest BCUT2D eigenvalue weighted by molar-refractivity contribution is 5.30. The summed E-state index contributed by atoms with van der Waals surface area (Å²) in [6, 6.07) is 10.1. The number of hydrogen-bond acceptors (Lipinski definition) is 3. The predicted octanol–water partition coefficient (Wildman–Crippen LogP) is 1.83. The molecular formula is C15H19N3O. The molecule has 2 aromatic rings. The minimum atomic E-state index is -0.532. The topological polar surface area (TPSA) is 41.3 Å². The largest absolute Gasteiger partial charge is 0.389 e. The second-order valence-electron chi connectivity index (χ2n) is 5.59. The van der Waals surface area contributed by atoms with Crippen LogP contribution in [0.4, 0.5) is 0 Å². The van der Waals surface area contributed by atoms with E-state index in [-0.39, 0.29) is 0 Å². The molecule has 3 rings (SSSR count). The van der Waals surface area contributed by atoms with E-state index in [1.54, 1.807) is 0 Å². The van der Waals surface area contributed by atoms with Crippen molar-refractivity contribution in [2.24, 2.45) is 0 Å². The first-order valence-electron chi connectivity index (χ1n) is 6.66. The van der Waals surface area contributed by atoms with Gasteiger partial charge in [-0.3, -0.25) is 4.90 Å². The molecule has 100 valence electrons. The van der Waals surface area contributed by atoms with Gasteiger partial charge < -0.3 is 5.11 Å². The Morgan fingerprint density at radius 2 is 2.11 bits per heavy atom. The molecule has 1 aliphatic heterocycles. The molecule has 0 amide bonds. The zero-order chi connectivity index (χ0) is 13.3. The highest BCUT2D eigenvalue weighted by atomic mass is 16.3. The van der Waals surface area contributed by atoms with E-state index in [1.165, 1.54) is 5.56 Å². The maximum absolute atomic E-state index is 9.96. The molecule has 1 aromatic heterocycles. The summed E-state index contributed by atoms with van der Waals surface area (Å²) in [4.78, 5) is 2.27. The van der Waals surface area contributed by atoms with Crippen molar-refractivity contribution in [3.8, 4) is 5.69 Å². The smallest absolute Gasteiger partial charge is 0.0758 e. The van der Waals surface area contributed by atoms with E-state index >= 15 is 0 Å². The lowest BCUT2D eigenvalue weighted by molar-refractivity contribution is 0.0679. The first-order valence-corrected chi connectivity index (χ1v) is 6.66. The van der Waals surface area contributed by atoms with E-state index in [2.05, 4.69) is 16.2 Å². The zero-order valence-electron chi connectivity index (χ0n) is 11.2. The Hall–Kier alpha value is -1.65. The van der Waals surface area contributed by atoms with E-state index in [0.29, 0.717) is 0 Å². The maximum atomic E-state index is 9.96. The molecule has 0 bridgehead atoms. The molecule has 19 heavy (non-hydrogen) atoms. The normalized spacial score (nSPS) is 23.9. The summed E-state index contributed by atoms with van der Waals surface area (Å²) in [6.07, 6.45) is 4.81. The second kappa shape index (κ2) is 4.79. The number of para-hydroxylation sites is 1. The molecule has 2 heterocycles. The number of likely N-dealkylation sites (tertiary alicyclic amines) is 1. The summed E-state index contributed by atoms with van der Waals surface area (Å²) in [5.74, 6) is 0. The van der Waals surface area contributed by atoms with Crippen LogP contribution in [0.25, 0.3) is 5.69 Å². The van der Waals surface area contributed by atoms with Crippen molar-refractivity contribution in [3.05, 3.63) is 48.3 Å². The van der Waals surface area contributed by atoms with Crippen molar-refractivity contribution < 1.29 is 5.11 Å². The van der Waals surface area contributed by atoms with Crippen molar-refractivity contribution in [2.45, 2.75) is 25.5 Å². The highest BCUT2D eigenvalue weighted by Crippen LogP contribution is 2.22. The molecule has 4 nitrogen and oxygen atoms in total. The standard InChI is InChI=1S/C15H19N3O/c1-15(19)7-8-17(12-15)10-13-9-16-18(11-13)14-5-3-2-4-6-14/h2-6,9,11,19H,7-8,10,12H2,1H3. The van der Waals surface area contributed by atoms with Gasteiger partial charge in [-0.2, -0.15) is 5.10 Å². The monoisotopic (exact) mass is 257 g/mol.